The maximum absolute atomic E-state index is 14.3. The molecule has 0 radical (unpaired) electrons. The van der Waals surface area contributed by atoms with Crippen LogP contribution in [0.15, 0.2) is 82.6 Å². The maximum Gasteiger partial charge on any atom is 0.238 e. The number of halogens is 1. The number of benzene rings is 3. The number of hydrogen-bond acceptors (Lipinski definition) is 4. The highest BCUT2D eigenvalue weighted by Crippen LogP contribution is 2.39. The second kappa shape index (κ2) is 7.85. The summed E-state index contributed by atoms with van der Waals surface area (Å²) in [6.45, 7) is 1.68. The zero-order valence-electron chi connectivity index (χ0n) is 16.2. The van der Waals surface area contributed by atoms with Crippen molar-refractivity contribution in [3.63, 3.8) is 0 Å². The summed E-state index contributed by atoms with van der Waals surface area (Å²) in [7, 11) is -4.02. The first kappa shape index (κ1) is 20.0. The first-order chi connectivity index (χ1) is 14.3. The molecule has 0 atom stereocenters. The van der Waals surface area contributed by atoms with Crippen LogP contribution < -0.4 is 5.14 Å². The molecule has 0 amide bonds. The van der Waals surface area contributed by atoms with Crippen molar-refractivity contribution in [2.45, 2.75) is 18.2 Å². The van der Waals surface area contributed by atoms with E-state index in [0.29, 0.717) is 40.0 Å². The van der Waals surface area contributed by atoms with Crippen LogP contribution in [0.2, 0.25) is 0 Å². The van der Waals surface area contributed by atoms with Gasteiger partial charge in [0.05, 0.1) is 11.1 Å². The van der Waals surface area contributed by atoms with Gasteiger partial charge >= 0.3 is 0 Å². The summed E-state index contributed by atoms with van der Waals surface area (Å²) in [5.74, 6) is 0.0265. The van der Waals surface area contributed by atoms with Crippen LogP contribution in [0.5, 0.6) is 0 Å². The van der Waals surface area contributed by atoms with Gasteiger partial charge in [-0.1, -0.05) is 48.5 Å². The molecule has 2 N–H and O–H groups in total. The summed E-state index contributed by atoms with van der Waals surface area (Å²) in [4.78, 5) is 3.98. The highest BCUT2D eigenvalue weighted by atomic mass is 32.2. The second-order valence-electron chi connectivity index (χ2n) is 7.00. The van der Waals surface area contributed by atoms with Gasteiger partial charge in [-0.15, -0.1) is 0 Å². The summed E-state index contributed by atoms with van der Waals surface area (Å²) in [5, 5.41) is 5.53. The van der Waals surface area contributed by atoms with Gasteiger partial charge in [0, 0.05) is 5.56 Å². The second-order valence-corrected chi connectivity index (χ2v) is 8.53. The van der Waals surface area contributed by atoms with Crippen LogP contribution in [0.25, 0.3) is 22.5 Å². The molecule has 0 saturated carbocycles. The molecule has 4 rings (SSSR count). The van der Waals surface area contributed by atoms with Gasteiger partial charge in [0.1, 0.15) is 5.82 Å². The maximum atomic E-state index is 14.3. The van der Waals surface area contributed by atoms with Gasteiger partial charge in [0.2, 0.25) is 10.0 Å². The molecule has 3 aromatic carbocycles. The Bertz CT molecular complexity index is 1300. The van der Waals surface area contributed by atoms with E-state index in [1.54, 1.807) is 25.1 Å². The molecule has 0 fully saturated rings. The summed E-state index contributed by atoms with van der Waals surface area (Å²) >= 11 is 0. The largest absolute Gasteiger partial charge is 0.443 e. The fourth-order valence-corrected chi connectivity index (χ4v) is 4.27. The Morgan fingerprint density at radius 1 is 1.07 bits per heavy atom. The van der Waals surface area contributed by atoms with Crippen LogP contribution in [0.3, 0.4) is 0 Å². The number of nitrogens with zero attached hydrogens (tertiary/aromatic N) is 1. The Morgan fingerprint density at radius 3 is 2.47 bits per heavy atom. The third-order valence-corrected chi connectivity index (χ3v) is 5.96. The number of sulfonamides is 1. The topological polar surface area (TPSA) is 86.2 Å². The van der Waals surface area contributed by atoms with E-state index in [2.05, 4.69) is 4.98 Å². The number of hydrogen-bond donors (Lipinski definition) is 1. The third kappa shape index (κ3) is 3.90. The number of aromatic nitrogens is 1. The molecule has 0 aliphatic heterocycles. The van der Waals surface area contributed by atoms with Crippen molar-refractivity contribution in [2.75, 3.05) is 0 Å². The molecule has 7 heteroatoms. The Labute approximate surface area is 174 Å². The quantitative estimate of drug-likeness (QED) is 0.505. The summed E-state index contributed by atoms with van der Waals surface area (Å²) in [6.07, 6.45) is 3.07. The standard InChI is InChI=1S/C23H19FN2O3S/c1-15-7-8-17(12-20(15)24)18-9-10-22(30(25,27)28)19(11-16-5-3-2-4-6-16)23(18)21-13-26-14-29-21/h2-10,12-14H,11H2,1H3,(H2,25,27,28). The molecule has 0 unspecified atom stereocenters. The zero-order valence-corrected chi connectivity index (χ0v) is 17.0. The first-order valence-electron chi connectivity index (χ1n) is 9.22. The normalized spacial score (nSPS) is 11.6. The smallest absolute Gasteiger partial charge is 0.238 e. The Kier molecular flexibility index (Phi) is 5.24. The van der Waals surface area contributed by atoms with Crippen molar-refractivity contribution in [2.24, 2.45) is 5.14 Å². The lowest BCUT2D eigenvalue weighted by Gasteiger charge is -2.17. The molecule has 1 heterocycles. The van der Waals surface area contributed by atoms with Gasteiger partial charge in [-0.3, -0.25) is 0 Å². The molecule has 0 bridgehead atoms. The van der Waals surface area contributed by atoms with Crippen molar-refractivity contribution in [3.05, 3.63) is 95.8 Å². The average molecular weight is 422 g/mol. The van der Waals surface area contributed by atoms with E-state index in [9.17, 15) is 12.8 Å². The molecular weight excluding hydrogens is 403 g/mol. The first-order valence-corrected chi connectivity index (χ1v) is 10.8. The van der Waals surface area contributed by atoms with Crippen LogP contribution in [0.1, 0.15) is 16.7 Å². The van der Waals surface area contributed by atoms with Crippen molar-refractivity contribution < 1.29 is 17.2 Å². The number of rotatable bonds is 5. The molecule has 0 aliphatic carbocycles. The van der Waals surface area contributed by atoms with Crippen LogP contribution in [0, 0.1) is 12.7 Å². The zero-order chi connectivity index (χ0) is 21.3. The third-order valence-electron chi connectivity index (χ3n) is 4.96. The Hall–Kier alpha value is -3.29. The van der Waals surface area contributed by atoms with E-state index in [4.69, 9.17) is 9.56 Å². The fourth-order valence-electron chi connectivity index (χ4n) is 3.49. The van der Waals surface area contributed by atoms with E-state index in [0.717, 1.165) is 5.56 Å². The molecule has 0 spiro atoms. The van der Waals surface area contributed by atoms with Crippen molar-refractivity contribution in [3.8, 4) is 22.5 Å². The molecule has 0 saturated heterocycles. The highest BCUT2D eigenvalue weighted by Gasteiger charge is 2.24. The summed E-state index contributed by atoms with van der Waals surface area (Å²) < 4.78 is 44.6. The molecule has 152 valence electrons. The minimum Gasteiger partial charge on any atom is -0.443 e. The van der Waals surface area contributed by atoms with Crippen molar-refractivity contribution in [1.82, 2.24) is 4.98 Å². The van der Waals surface area contributed by atoms with Gasteiger partial charge in [0.25, 0.3) is 0 Å². The molecule has 4 aromatic rings. The van der Waals surface area contributed by atoms with E-state index >= 15 is 0 Å². The average Bonchev–Trinajstić information content (AvgIpc) is 3.24. The molecule has 0 aliphatic rings. The predicted molar refractivity (Wildman–Crippen MR) is 113 cm³/mol. The van der Waals surface area contributed by atoms with Crippen molar-refractivity contribution in [1.29, 1.82) is 0 Å². The molecule has 30 heavy (non-hydrogen) atoms. The SMILES string of the molecule is Cc1ccc(-c2ccc(S(N)(=O)=O)c(Cc3ccccc3)c2-c2cnco2)cc1F. The summed E-state index contributed by atoms with van der Waals surface area (Å²) in [5.41, 5.74) is 3.63. The number of oxazole rings is 1. The van der Waals surface area contributed by atoms with Crippen LogP contribution in [0.4, 0.5) is 4.39 Å². The van der Waals surface area contributed by atoms with E-state index in [-0.39, 0.29) is 10.7 Å². The van der Waals surface area contributed by atoms with Gasteiger partial charge in [-0.05, 0) is 53.3 Å². The minimum absolute atomic E-state index is 0.00548. The van der Waals surface area contributed by atoms with Crippen LogP contribution in [-0.2, 0) is 16.4 Å². The summed E-state index contributed by atoms with van der Waals surface area (Å²) in [6, 6.07) is 17.4. The van der Waals surface area contributed by atoms with Gasteiger partial charge in [-0.25, -0.2) is 22.9 Å². The van der Waals surface area contributed by atoms with Crippen LogP contribution >= 0.6 is 0 Å². The number of aryl methyl sites for hydroxylation is 1. The van der Waals surface area contributed by atoms with Gasteiger partial charge in [0.15, 0.2) is 12.2 Å². The number of primary sulfonamides is 1. The molecule has 1 aromatic heterocycles. The molecular formula is C23H19FN2O3S. The molecule has 5 nitrogen and oxygen atoms in total. The number of nitrogens with two attached hydrogens (primary N) is 1. The lowest BCUT2D eigenvalue weighted by Crippen LogP contribution is -2.16. The Balaban J connectivity index is 2.05. The highest BCUT2D eigenvalue weighted by molar-refractivity contribution is 7.89. The van der Waals surface area contributed by atoms with Gasteiger partial charge < -0.3 is 4.42 Å². The predicted octanol–water partition coefficient (Wildman–Crippen LogP) is 4.69. The van der Waals surface area contributed by atoms with E-state index < -0.39 is 10.0 Å². The van der Waals surface area contributed by atoms with Crippen molar-refractivity contribution >= 4 is 10.0 Å². The monoisotopic (exact) mass is 422 g/mol. The fraction of sp³-hybridized carbons (Fsp3) is 0.0870. The lowest BCUT2D eigenvalue weighted by atomic mass is 9.90. The Morgan fingerprint density at radius 2 is 1.83 bits per heavy atom. The van der Waals surface area contributed by atoms with Crippen LogP contribution in [-0.4, -0.2) is 13.4 Å². The van der Waals surface area contributed by atoms with Gasteiger partial charge in [-0.2, -0.15) is 0 Å². The minimum atomic E-state index is -4.02. The van der Waals surface area contributed by atoms with E-state index in [1.165, 1.54) is 24.7 Å². The lowest BCUT2D eigenvalue weighted by molar-refractivity contribution is 0.571. The van der Waals surface area contributed by atoms with E-state index in [1.807, 2.05) is 30.3 Å².